The molecular weight excluding hydrogens is 663 g/mol. The van der Waals surface area contributed by atoms with Gasteiger partial charge in [0.05, 0.1) is 11.4 Å². The van der Waals surface area contributed by atoms with E-state index >= 15 is 0 Å². The van der Waals surface area contributed by atoms with E-state index in [1.807, 2.05) is 0 Å². The largest absolute Gasteiger partial charge is 0.248 e. The second-order valence-electron chi connectivity index (χ2n) is 15.2. The number of aromatic nitrogens is 1. The molecular formula is C54H39N. The van der Waals surface area contributed by atoms with Gasteiger partial charge in [-0.2, -0.15) is 0 Å². The van der Waals surface area contributed by atoms with E-state index in [1.165, 1.54) is 66.4 Å². The van der Waals surface area contributed by atoms with E-state index in [0.29, 0.717) is 0 Å². The minimum atomic E-state index is -0.103. The Kier molecular flexibility index (Phi) is 7.89. The van der Waals surface area contributed by atoms with E-state index in [2.05, 4.69) is 214 Å². The Bertz CT molecular complexity index is 2820. The highest BCUT2D eigenvalue weighted by Crippen LogP contribution is 2.52. The Morgan fingerprint density at radius 3 is 1.60 bits per heavy atom. The number of hydrogen-bond acceptors (Lipinski definition) is 1. The third-order valence-corrected chi connectivity index (χ3v) is 11.4. The molecule has 260 valence electrons. The average molecular weight is 702 g/mol. The lowest BCUT2D eigenvalue weighted by atomic mass is 9.80. The van der Waals surface area contributed by atoms with Crippen molar-refractivity contribution in [3.63, 3.8) is 0 Å². The van der Waals surface area contributed by atoms with Crippen LogP contribution in [-0.4, -0.2) is 4.98 Å². The van der Waals surface area contributed by atoms with Crippen molar-refractivity contribution in [2.45, 2.75) is 19.3 Å². The predicted octanol–water partition coefficient (Wildman–Crippen LogP) is 14.5. The smallest absolute Gasteiger partial charge is 0.0715 e. The molecule has 0 amide bonds. The Morgan fingerprint density at radius 1 is 0.291 bits per heavy atom. The zero-order valence-electron chi connectivity index (χ0n) is 31.0. The lowest BCUT2D eigenvalue weighted by Gasteiger charge is -2.23. The van der Waals surface area contributed by atoms with Gasteiger partial charge in [0.25, 0.3) is 0 Å². The zero-order valence-corrected chi connectivity index (χ0v) is 31.0. The third-order valence-electron chi connectivity index (χ3n) is 11.4. The molecule has 0 aliphatic heterocycles. The molecule has 0 N–H and O–H groups in total. The summed E-state index contributed by atoms with van der Waals surface area (Å²) in [7, 11) is 0. The Morgan fingerprint density at radius 2 is 0.836 bits per heavy atom. The van der Waals surface area contributed by atoms with E-state index in [4.69, 9.17) is 4.98 Å². The van der Waals surface area contributed by atoms with E-state index in [1.54, 1.807) is 0 Å². The number of benzene rings is 8. The van der Waals surface area contributed by atoms with Gasteiger partial charge in [-0.25, -0.2) is 4.98 Å². The molecule has 1 aliphatic carbocycles. The highest BCUT2D eigenvalue weighted by molar-refractivity contribution is 5.96. The van der Waals surface area contributed by atoms with Crippen LogP contribution in [0.1, 0.15) is 25.0 Å². The minimum absolute atomic E-state index is 0.103. The van der Waals surface area contributed by atoms with E-state index in [-0.39, 0.29) is 5.41 Å². The molecule has 1 heterocycles. The fraction of sp³-hybridized carbons (Fsp3) is 0.0556. The van der Waals surface area contributed by atoms with Crippen molar-refractivity contribution < 1.29 is 0 Å². The molecule has 0 unspecified atom stereocenters. The summed E-state index contributed by atoms with van der Waals surface area (Å²) in [5.74, 6) is 0. The second-order valence-corrected chi connectivity index (χ2v) is 15.2. The van der Waals surface area contributed by atoms with Gasteiger partial charge in [0, 0.05) is 16.5 Å². The van der Waals surface area contributed by atoms with Gasteiger partial charge in [0.15, 0.2) is 0 Å². The number of pyridine rings is 1. The molecule has 9 aromatic rings. The highest BCUT2D eigenvalue weighted by atomic mass is 14.7. The minimum Gasteiger partial charge on any atom is -0.248 e. The summed E-state index contributed by atoms with van der Waals surface area (Å²) in [5.41, 5.74) is 19.0. The molecule has 1 aromatic heterocycles. The van der Waals surface area contributed by atoms with Crippen LogP contribution in [0, 0.1) is 0 Å². The van der Waals surface area contributed by atoms with E-state index in [0.717, 1.165) is 33.6 Å². The maximum Gasteiger partial charge on any atom is 0.0715 e. The summed E-state index contributed by atoms with van der Waals surface area (Å²) >= 11 is 0. The van der Waals surface area contributed by atoms with E-state index in [9.17, 15) is 0 Å². The Balaban J connectivity index is 1.11. The molecule has 1 nitrogen and oxygen atoms in total. The molecule has 0 saturated heterocycles. The molecule has 8 aromatic carbocycles. The van der Waals surface area contributed by atoms with E-state index < -0.39 is 0 Å². The predicted molar refractivity (Wildman–Crippen MR) is 232 cm³/mol. The number of rotatable bonds is 6. The van der Waals surface area contributed by atoms with Crippen molar-refractivity contribution in [1.29, 1.82) is 0 Å². The van der Waals surface area contributed by atoms with Crippen LogP contribution in [0.5, 0.6) is 0 Å². The first kappa shape index (κ1) is 32.8. The molecule has 0 bridgehead atoms. The molecule has 10 rings (SSSR count). The lowest BCUT2D eigenvalue weighted by Crippen LogP contribution is -2.15. The molecule has 1 heteroatoms. The summed E-state index contributed by atoms with van der Waals surface area (Å²) in [6.07, 6.45) is 0. The number of nitrogens with zero attached hydrogens (tertiary/aromatic N) is 1. The lowest BCUT2D eigenvalue weighted by molar-refractivity contribution is 0.660. The third kappa shape index (κ3) is 5.86. The van der Waals surface area contributed by atoms with Gasteiger partial charge in [0.1, 0.15) is 0 Å². The van der Waals surface area contributed by atoms with Gasteiger partial charge >= 0.3 is 0 Å². The molecule has 0 saturated carbocycles. The monoisotopic (exact) mass is 701 g/mol. The van der Waals surface area contributed by atoms with Crippen LogP contribution in [0.25, 0.3) is 88.9 Å². The zero-order chi connectivity index (χ0) is 36.9. The van der Waals surface area contributed by atoms with Crippen LogP contribution in [0.3, 0.4) is 0 Å². The molecule has 0 spiro atoms. The quantitative estimate of drug-likeness (QED) is 0.168. The van der Waals surface area contributed by atoms with Crippen LogP contribution >= 0.6 is 0 Å². The van der Waals surface area contributed by atoms with Gasteiger partial charge in [-0.15, -0.1) is 0 Å². The molecule has 1 aliphatic rings. The Labute approximate surface area is 323 Å². The maximum atomic E-state index is 5.23. The number of hydrogen-bond donors (Lipinski definition) is 0. The van der Waals surface area contributed by atoms with Crippen molar-refractivity contribution in [3.05, 3.63) is 211 Å². The first-order valence-corrected chi connectivity index (χ1v) is 19.1. The SMILES string of the molecule is CC1(C)c2ccccc2-c2cc(-c3ccc4ccccc4c3)c(-c3cccc(-c4cccc(-c5cc(-c6ccccc6)cc(-c6ccccc6)n5)c4)c3)cc21. The second kappa shape index (κ2) is 13.2. The van der Waals surface area contributed by atoms with Crippen molar-refractivity contribution >= 4 is 10.8 Å². The van der Waals surface area contributed by atoms with Gasteiger partial charge in [-0.1, -0.05) is 172 Å². The summed E-state index contributed by atoms with van der Waals surface area (Å²) in [6.45, 7) is 4.73. The summed E-state index contributed by atoms with van der Waals surface area (Å²) in [5, 5.41) is 2.50. The van der Waals surface area contributed by atoms with Gasteiger partial charge in [0.2, 0.25) is 0 Å². The van der Waals surface area contributed by atoms with Crippen molar-refractivity contribution in [1.82, 2.24) is 4.98 Å². The Hall–Kier alpha value is -6.83. The summed E-state index contributed by atoms with van der Waals surface area (Å²) < 4.78 is 0. The number of fused-ring (bicyclic) bond motifs is 4. The summed E-state index contributed by atoms with van der Waals surface area (Å²) in [6, 6.07) is 72.8. The fourth-order valence-corrected chi connectivity index (χ4v) is 8.54. The van der Waals surface area contributed by atoms with Crippen LogP contribution in [-0.2, 0) is 5.41 Å². The molecule has 55 heavy (non-hydrogen) atoms. The summed E-state index contributed by atoms with van der Waals surface area (Å²) in [4.78, 5) is 5.23. The first-order valence-electron chi connectivity index (χ1n) is 19.1. The van der Waals surface area contributed by atoms with Gasteiger partial charge in [-0.05, 0) is 120 Å². The van der Waals surface area contributed by atoms with Gasteiger partial charge in [-0.3, -0.25) is 0 Å². The standard InChI is InChI=1S/C54H39N/c1-54(2)50-26-12-11-25-46(50)49-34-47(43-28-27-37-17-9-10-20-39(37)29-43)48(35-51(49)54)42-23-13-21-40(30-42)41-22-14-24-44(31-41)53-33-45(36-15-5-3-6-16-36)32-52(55-53)38-18-7-4-8-19-38/h3-35H,1-2H3. The van der Waals surface area contributed by atoms with Crippen molar-refractivity contribution in [2.75, 3.05) is 0 Å². The van der Waals surface area contributed by atoms with Crippen LogP contribution < -0.4 is 0 Å². The first-order chi connectivity index (χ1) is 27.0. The molecule has 0 atom stereocenters. The van der Waals surface area contributed by atoms with Crippen LogP contribution in [0.4, 0.5) is 0 Å². The normalized spacial score (nSPS) is 12.7. The van der Waals surface area contributed by atoms with Crippen molar-refractivity contribution in [2.24, 2.45) is 0 Å². The maximum absolute atomic E-state index is 5.23. The van der Waals surface area contributed by atoms with Crippen LogP contribution in [0.15, 0.2) is 200 Å². The average Bonchev–Trinajstić information content (AvgIpc) is 3.48. The topological polar surface area (TPSA) is 12.9 Å². The van der Waals surface area contributed by atoms with Crippen LogP contribution in [0.2, 0.25) is 0 Å². The van der Waals surface area contributed by atoms with Gasteiger partial charge < -0.3 is 0 Å². The van der Waals surface area contributed by atoms with Crippen molar-refractivity contribution in [3.8, 4) is 78.1 Å². The molecule has 0 radical (unpaired) electrons. The fourth-order valence-electron chi connectivity index (χ4n) is 8.54. The molecule has 0 fully saturated rings. The highest BCUT2D eigenvalue weighted by Gasteiger charge is 2.36.